The van der Waals surface area contributed by atoms with Crippen LogP contribution in [-0.4, -0.2) is 23.5 Å². The lowest BCUT2D eigenvalue weighted by molar-refractivity contribution is 0.0941. The molecule has 0 unspecified atom stereocenters. The Hall–Kier alpha value is -1.82. The van der Waals surface area contributed by atoms with E-state index in [2.05, 4.69) is 10.3 Å². The number of hydrogen-bond acceptors (Lipinski definition) is 4. The summed E-state index contributed by atoms with van der Waals surface area (Å²) in [5, 5.41) is 2.86. The molecule has 2 aromatic rings. The quantitative estimate of drug-likeness (QED) is 0.799. The second-order valence-electron chi connectivity index (χ2n) is 5.70. The van der Waals surface area contributed by atoms with E-state index in [4.69, 9.17) is 10.5 Å². The van der Waals surface area contributed by atoms with Crippen molar-refractivity contribution in [1.82, 2.24) is 10.3 Å². The summed E-state index contributed by atoms with van der Waals surface area (Å²) in [5.41, 5.74) is 9.02. The summed E-state index contributed by atoms with van der Waals surface area (Å²) < 4.78 is 5.90. The fraction of sp³-hybridized carbons (Fsp3) is 0.333. The highest BCUT2D eigenvalue weighted by atomic mass is 35.5. The Kier molecular flexibility index (Phi) is 10.1. The molecule has 0 aliphatic heterocycles. The molecule has 138 valence electrons. The molecule has 3 N–H and O–H groups in total. The van der Waals surface area contributed by atoms with Gasteiger partial charge in [0.2, 0.25) is 0 Å². The van der Waals surface area contributed by atoms with Gasteiger partial charge in [-0.25, -0.2) is 0 Å². The summed E-state index contributed by atoms with van der Waals surface area (Å²) in [4.78, 5) is 16.3. The van der Waals surface area contributed by atoms with E-state index >= 15 is 0 Å². The van der Waals surface area contributed by atoms with Crippen LogP contribution in [0.4, 0.5) is 0 Å². The molecule has 0 saturated heterocycles. The standard InChI is InChI=1S/C18H23N3O2.2ClH/c1-12-7-16(18(22)21-14(3)9-19)8-13(2)17(12)23-11-15-5-4-6-20-10-15;;/h4-8,10,14H,9,11,19H2,1-3H3,(H,21,22);2*1H/t14-;;/m0../s1. The van der Waals surface area contributed by atoms with E-state index in [1.807, 2.05) is 45.0 Å². The van der Waals surface area contributed by atoms with Crippen LogP contribution in [-0.2, 0) is 6.61 Å². The Balaban J connectivity index is 0.00000288. The first-order chi connectivity index (χ1) is 11.0. The van der Waals surface area contributed by atoms with E-state index in [0.29, 0.717) is 18.7 Å². The second kappa shape index (κ2) is 10.9. The van der Waals surface area contributed by atoms with Gasteiger partial charge in [-0.3, -0.25) is 9.78 Å². The summed E-state index contributed by atoms with van der Waals surface area (Å²) >= 11 is 0. The largest absolute Gasteiger partial charge is 0.488 e. The van der Waals surface area contributed by atoms with E-state index in [1.165, 1.54) is 0 Å². The maximum Gasteiger partial charge on any atom is 0.251 e. The maximum atomic E-state index is 12.2. The zero-order valence-electron chi connectivity index (χ0n) is 14.6. The summed E-state index contributed by atoms with van der Waals surface area (Å²) in [6.07, 6.45) is 3.51. The van der Waals surface area contributed by atoms with Gasteiger partial charge in [-0.2, -0.15) is 0 Å². The van der Waals surface area contributed by atoms with Crippen molar-refractivity contribution in [2.45, 2.75) is 33.4 Å². The first kappa shape index (κ1) is 23.2. The van der Waals surface area contributed by atoms with Gasteiger partial charge in [-0.1, -0.05) is 6.07 Å². The van der Waals surface area contributed by atoms with Crippen LogP contribution in [0, 0.1) is 13.8 Å². The molecule has 0 radical (unpaired) electrons. The molecule has 0 spiro atoms. The molecule has 0 fully saturated rings. The number of nitrogens with one attached hydrogen (secondary N) is 1. The van der Waals surface area contributed by atoms with Crippen LogP contribution in [0.1, 0.15) is 34.0 Å². The number of carbonyl (C=O) groups excluding carboxylic acids is 1. The van der Waals surface area contributed by atoms with Gasteiger partial charge >= 0.3 is 0 Å². The number of nitrogens with zero attached hydrogens (tertiary/aromatic N) is 1. The van der Waals surface area contributed by atoms with Crippen LogP contribution in [0.2, 0.25) is 0 Å². The average Bonchev–Trinajstić information content (AvgIpc) is 2.54. The number of benzene rings is 1. The Morgan fingerprint density at radius 1 is 1.28 bits per heavy atom. The Morgan fingerprint density at radius 3 is 2.44 bits per heavy atom. The zero-order valence-corrected chi connectivity index (χ0v) is 16.2. The highest BCUT2D eigenvalue weighted by Crippen LogP contribution is 2.25. The van der Waals surface area contributed by atoms with Crippen molar-refractivity contribution >= 4 is 30.7 Å². The summed E-state index contributed by atoms with van der Waals surface area (Å²) in [7, 11) is 0. The molecule has 1 heterocycles. The second-order valence-corrected chi connectivity index (χ2v) is 5.70. The summed E-state index contributed by atoms with van der Waals surface area (Å²) in [5.74, 6) is 0.685. The molecule has 0 aliphatic carbocycles. The molecule has 5 nitrogen and oxygen atoms in total. The minimum absolute atomic E-state index is 0. The van der Waals surface area contributed by atoms with Crippen LogP contribution in [0.3, 0.4) is 0 Å². The molecule has 0 saturated carbocycles. The molecule has 7 heteroatoms. The van der Waals surface area contributed by atoms with E-state index in [9.17, 15) is 4.79 Å². The number of amides is 1. The van der Waals surface area contributed by atoms with Crippen molar-refractivity contribution in [2.75, 3.05) is 6.54 Å². The number of carbonyl (C=O) groups is 1. The number of hydrogen-bond donors (Lipinski definition) is 2. The van der Waals surface area contributed by atoms with Crippen molar-refractivity contribution in [3.05, 3.63) is 58.9 Å². The predicted octanol–water partition coefficient (Wildman–Crippen LogP) is 3.20. The van der Waals surface area contributed by atoms with Gasteiger partial charge < -0.3 is 15.8 Å². The molecule has 2 rings (SSSR count). The SMILES string of the molecule is Cc1cc(C(=O)N[C@@H](C)CN)cc(C)c1OCc1cccnc1.Cl.Cl. The topological polar surface area (TPSA) is 77.2 Å². The van der Waals surface area contributed by atoms with E-state index in [0.717, 1.165) is 22.4 Å². The average molecular weight is 386 g/mol. The van der Waals surface area contributed by atoms with Crippen LogP contribution in [0.5, 0.6) is 5.75 Å². The van der Waals surface area contributed by atoms with Crippen LogP contribution in [0.15, 0.2) is 36.7 Å². The minimum atomic E-state index is -0.118. The Labute approximate surface area is 161 Å². The first-order valence-corrected chi connectivity index (χ1v) is 7.65. The lowest BCUT2D eigenvalue weighted by atomic mass is 10.0. The molecular formula is C18H25Cl2N3O2. The fourth-order valence-corrected chi connectivity index (χ4v) is 2.31. The summed E-state index contributed by atoms with van der Waals surface area (Å²) in [6.45, 7) is 6.62. The fourth-order valence-electron chi connectivity index (χ4n) is 2.31. The number of halogens is 2. The van der Waals surface area contributed by atoms with Gasteiger partial charge in [0.15, 0.2) is 0 Å². The van der Waals surface area contributed by atoms with Crippen LogP contribution >= 0.6 is 24.8 Å². The minimum Gasteiger partial charge on any atom is -0.488 e. The number of aryl methyl sites for hydroxylation is 2. The molecular weight excluding hydrogens is 361 g/mol. The highest BCUT2D eigenvalue weighted by Gasteiger charge is 2.13. The molecule has 1 aromatic carbocycles. The van der Waals surface area contributed by atoms with Gasteiger partial charge in [-0.15, -0.1) is 24.8 Å². The predicted molar refractivity (Wildman–Crippen MR) is 105 cm³/mol. The van der Waals surface area contributed by atoms with E-state index in [-0.39, 0.29) is 36.8 Å². The van der Waals surface area contributed by atoms with Crippen molar-refractivity contribution in [1.29, 1.82) is 0 Å². The van der Waals surface area contributed by atoms with Crippen molar-refractivity contribution in [3.63, 3.8) is 0 Å². The third-order valence-electron chi connectivity index (χ3n) is 3.56. The smallest absolute Gasteiger partial charge is 0.251 e. The first-order valence-electron chi connectivity index (χ1n) is 7.65. The van der Waals surface area contributed by atoms with Crippen LogP contribution < -0.4 is 15.8 Å². The molecule has 0 aliphatic rings. The normalized spacial score (nSPS) is 10.9. The molecule has 1 aromatic heterocycles. The number of ether oxygens (including phenoxy) is 1. The summed E-state index contributed by atoms with van der Waals surface area (Å²) in [6, 6.07) is 7.47. The van der Waals surface area contributed by atoms with Gasteiger partial charge in [0.1, 0.15) is 12.4 Å². The lowest BCUT2D eigenvalue weighted by Crippen LogP contribution is -2.37. The number of pyridine rings is 1. The molecule has 1 amide bonds. The number of aromatic nitrogens is 1. The third kappa shape index (κ3) is 6.53. The number of nitrogens with two attached hydrogens (primary N) is 1. The monoisotopic (exact) mass is 385 g/mol. The number of rotatable bonds is 6. The maximum absolute atomic E-state index is 12.2. The van der Waals surface area contributed by atoms with E-state index < -0.39 is 0 Å². The van der Waals surface area contributed by atoms with E-state index in [1.54, 1.807) is 12.4 Å². The van der Waals surface area contributed by atoms with Crippen molar-refractivity contribution in [3.8, 4) is 5.75 Å². The molecule has 0 bridgehead atoms. The van der Waals surface area contributed by atoms with Gasteiger partial charge in [0, 0.05) is 36.1 Å². The van der Waals surface area contributed by atoms with Gasteiger partial charge in [0.05, 0.1) is 0 Å². The Morgan fingerprint density at radius 2 is 1.92 bits per heavy atom. The zero-order chi connectivity index (χ0) is 16.8. The van der Waals surface area contributed by atoms with Gasteiger partial charge in [-0.05, 0) is 50.1 Å². The molecule has 1 atom stereocenters. The third-order valence-corrected chi connectivity index (χ3v) is 3.56. The van der Waals surface area contributed by atoms with Crippen molar-refractivity contribution in [2.24, 2.45) is 5.73 Å². The van der Waals surface area contributed by atoms with Crippen molar-refractivity contribution < 1.29 is 9.53 Å². The highest BCUT2D eigenvalue weighted by molar-refractivity contribution is 5.95. The lowest BCUT2D eigenvalue weighted by Gasteiger charge is -2.15. The van der Waals surface area contributed by atoms with Gasteiger partial charge in [0.25, 0.3) is 5.91 Å². The van der Waals surface area contributed by atoms with Crippen LogP contribution in [0.25, 0.3) is 0 Å². The Bertz CT molecular complexity index is 658. The molecule has 25 heavy (non-hydrogen) atoms.